The first-order chi connectivity index (χ1) is 16.8. The van der Waals surface area contributed by atoms with E-state index in [2.05, 4.69) is 15.6 Å². The molecular weight excluding hydrogens is 450 g/mol. The lowest BCUT2D eigenvalue weighted by Crippen LogP contribution is -2.51. The number of urea groups is 1. The molecule has 3 aromatic carbocycles. The average Bonchev–Trinajstić information content (AvgIpc) is 2.85. The summed E-state index contributed by atoms with van der Waals surface area (Å²) in [6, 6.07) is 25.5. The molecule has 4 nitrogen and oxygen atoms in total. The molecule has 1 aromatic heterocycles. The van der Waals surface area contributed by atoms with Gasteiger partial charge in [-0.2, -0.15) is 13.2 Å². The molecule has 4 rings (SSSR count). The van der Waals surface area contributed by atoms with Crippen LogP contribution < -0.4 is 16.1 Å². The van der Waals surface area contributed by atoms with Crippen LogP contribution in [0.5, 0.6) is 0 Å². The number of aromatic nitrogens is 1. The molecule has 2 amide bonds. The van der Waals surface area contributed by atoms with Crippen LogP contribution in [0.25, 0.3) is 0 Å². The van der Waals surface area contributed by atoms with Crippen LogP contribution >= 0.6 is 0 Å². The van der Waals surface area contributed by atoms with Gasteiger partial charge in [0.1, 0.15) is 13.4 Å². The molecule has 0 saturated heterocycles. The molecule has 0 bridgehead atoms. The first-order valence-corrected chi connectivity index (χ1v) is 10.8. The predicted octanol–water partition coefficient (Wildman–Crippen LogP) is 5.20. The highest BCUT2D eigenvalue weighted by Gasteiger charge is 2.40. The molecule has 8 heteroatoms. The van der Waals surface area contributed by atoms with Crippen molar-refractivity contribution < 1.29 is 18.0 Å². The van der Waals surface area contributed by atoms with Crippen LogP contribution in [0.2, 0.25) is 0 Å². The number of hydrogen-bond donors (Lipinski definition) is 2. The molecule has 2 radical (unpaired) electrons. The number of carbonyl (C=O) groups is 1. The highest BCUT2D eigenvalue weighted by molar-refractivity contribution is 6.32. The smallest absolute Gasteiger partial charge is 0.322 e. The van der Waals surface area contributed by atoms with Gasteiger partial charge >= 0.3 is 12.2 Å². The summed E-state index contributed by atoms with van der Waals surface area (Å²) in [5, 5.41) is 5.69. The Hall–Kier alpha value is -4.07. The first kappa shape index (κ1) is 24.1. The van der Waals surface area contributed by atoms with Gasteiger partial charge in [0.15, 0.2) is 0 Å². The van der Waals surface area contributed by atoms with Gasteiger partial charge in [-0.05, 0) is 41.5 Å². The number of anilines is 1. The molecule has 0 spiro atoms. The van der Waals surface area contributed by atoms with Crippen molar-refractivity contribution >= 4 is 25.0 Å². The average molecular weight is 471 g/mol. The Morgan fingerprint density at radius 1 is 0.829 bits per heavy atom. The molecule has 35 heavy (non-hydrogen) atoms. The van der Waals surface area contributed by atoms with Crippen molar-refractivity contribution in [2.75, 3.05) is 5.32 Å². The second-order valence-electron chi connectivity index (χ2n) is 8.07. The lowest BCUT2D eigenvalue weighted by Gasteiger charge is -2.36. The summed E-state index contributed by atoms with van der Waals surface area (Å²) in [6.07, 6.45) is -3.00. The molecule has 174 valence electrons. The van der Waals surface area contributed by atoms with Gasteiger partial charge in [0.2, 0.25) is 0 Å². The molecule has 4 aromatic rings. The minimum absolute atomic E-state index is 0.147. The Labute approximate surface area is 202 Å². The maximum atomic E-state index is 13.7. The van der Waals surface area contributed by atoms with Crippen molar-refractivity contribution in [3.8, 4) is 0 Å². The van der Waals surface area contributed by atoms with Crippen LogP contribution in [0.3, 0.4) is 0 Å². The van der Waals surface area contributed by atoms with Gasteiger partial charge in [-0.15, -0.1) is 0 Å². The fraction of sp³-hybridized carbons (Fsp3) is 0.111. The summed E-state index contributed by atoms with van der Waals surface area (Å²) in [5.74, 6) is 0. The maximum absolute atomic E-state index is 13.7. The monoisotopic (exact) mass is 471 g/mol. The number of alkyl halides is 3. The topological polar surface area (TPSA) is 54.0 Å². The van der Waals surface area contributed by atoms with Crippen molar-refractivity contribution in [3.05, 3.63) is 126 Å². The van der Waals surface area contributed by atoms with Gasteiger partial charge in [0.05, 0.1) is 11.3 Å². The highest BCUT2D eigenvalue weighted by atomic mass is 19.4. The molecule has 2 N–H and O–H groups in total. The number of rotatable bonds is 6. The van der Waals surface area contributed by atoms with Crippen molar-refractivity contribution in [1.29, 1.82) is 0 Å². The van der Waals surface area contributed by atoms with E-state index < -0.39 is 23.3 Å². The number of amides is 2. The lowest BCUT2D eigenvalue weighted by atomic mass is 9.79. The van der Waals surface area contributed by atoms with E-state index in [0.717, 1.165) is 17.7 Å². The van der Waals surface area contributed by atoms with E-state index in [1.54, 1.807) is 42.5 Å². The van der Waals surface area contributed by atoms with Crippen LogP contribution in [-0.4, -0.2) is 18.9 Å². The number of carbonyl (C=O) groups excluding carboxylic acids is 1. The normalized spacial score (nSPS) is 13.0. The Bertz CT molecular complexity index is 1280. The molecule has 0 aliphatic heterocycles. The van der Waals surface area contributed by atoms with Crippen LogP contribution in [0.1, 0.15) is 22.4 Å². The van der Waals surface area contributed by atoms with Gasteiger partial charge in [0, 0.05) is 18.3 Å². The maximum Gasteiger partial charge on any atom is 0.416 e. The summed E-state index contributed by atoms with van der Waals surface area (Å²) in [7, 11) is 5.83. The van der Waals surface area contributed by atoms with Crippen LogP contribution in [0, 0.1) is 0 Å². The van der Waals surface area contributed by atoms with E-state index in [1.165, 1.54) is 12.3 Å². The molecule has 0 saturated carbocycles. The summed E-state index contributed by atoms with van der Waals surface area (Å²) in [4.78, 5) is 17.6. The van der Waals surface area contributed by atoms with Crippen LogP contribution in [0.15, 0.2) is 103 Å². The van der Waals surface area contributed by atoms with E-state index in [-0.39, 0.29) is 12.0 Å². The summed E-state index contributed by atoms with van der Waals surface area (Å²) < 4.78 is 41.0. The van der Waals surface area contributed by atoms with E-state index in [4.69, 9.17) is 7.85 Å². The fourth-order valence-electron chi connectivity index (χ4n) is 3.92. The van der Waals surface area contributed by atoms with Crippen molar-refractivity contribution in [3.63, 3.8) is 0 Å². The lowest BCUT2D eigenvalue weighted by molar-refractivity contribution is -0.137. The van der Waals surface area contributed by atoms with Crippen LogP contribution in [0.4, 0.5) is 23.7 Å². The first-order valence-electron chi connectivity index (χ1n) is 10.8. The molecule has 1 atom stereocenters. The number of benzene rings is 3. The Morgan fingerprint density at radius 3 is 2.11 bits per heavy atom. The van der Waals surface area contributed by atoms with Gasteiger partial charge < -0.3 is 10.6 Å². The zero-order valence-corrected chi connectivity index (χ0v) is 18.6. The Balaban J connectivity index is 1.88. The largest absolute Gasteiger partial charge is 0.416 e. The minimum Gasteiger partial charge on any atom is -0.322 e. The third kappa shape index (κ3) is 5.71. The highest BCUT2D eigenvalue weighted by Crippen LogP contribution is 2.36. The number of nitrogens with zero attached hydrogens (tertiary/aromatic N) is 1. The van der Waals surface area contributed by atoms with E-state index in [9.17, 15) is 18.0 Å². The van der Waals surface area contributed by atoms with E-state index in [0.29, 0.717) is 16.8 Å². The third-order valence-electron chi connectivity index (χ3n) is 5.58. The van der Waals surface area contributed by atoms with E-state index >= 15 is 0 Å². The summed E-state index contributed by atoms with van der Waals surface area (Å²) in [5.41, 5.74) is 0.0364. The SMILES string of the molecule is [B]c1ccc(C(Cc2ccccc2)(NC(=O)Nc2ccccc2)c2cccc(C(F)(F)F)c2)nc1. The van der Waals surface area contributed by atoms with Crippen molar-refractivity contribution in [2.45, 2.75) is 18.1 Å². The minimum atomic E-state index is -4.56. The Morgan fingerprint density at radius 2 is 1.49 bits per heavy atom. The Kier molecular flexibility index (Phi) is 6.91. The number of nitrogens with one attached hydrogen (secondary N) is 2. The molecule has 0 fully saturated rings. The van der Waals surface area contributed by atoms with Gasteiger partial charge in [-0.1, -0.05) is 72.2 Å². The second kappa shape index (κ2) is 10.1. The van der Waals surface area contributed by atoms with Crippen LogP contribution in [-0.2, 0) is 18.1 Å². The molecule has 1 heterocycles. The van der Waals surface area contributed by atoms with Gasteiger partial charge in [0.25, 0.3) is 0 Å². The quantitative estimate of drug-likeness (QED) is 0.380. The summed E-state index contributed by atoms with van der Waals surface area (Å²) in [6.45, 7) is 0. The fourth-order valence-corrected chi connectivity index (χ4v) is 3.92. The predicted molar refractivity (Wildman–Crippen MR) is 131 cm³/mol. The number of hydrogen-bond acceptors (Lipinski definition) is 2. The second-order valence-corrected chi connectivity index (χ2v) is 8.07. The van der Waals surface area contributed by atoms with Crippen molar-refractivity contribution in [2.24, 2.45) is 0 Å². The molecule has 0 aliphatic carbocycles. The molecular formula is C27H21BF3N3O. The number of para-hydroxylation sites is 1. The zero-order chi connectivity index (χ0) is 24.9. The third-order valence-corrected chi connectivity index (χ3v) is 5.58. The standard InChI is InChI=1S/C27H21BF3N3O/c28-22-14-15-24(32-18-22)26(17-19-8-3-1-4-9-19,20-10-7-11-21(16-20)27(29,30)31)34-25(35)33-23-12-5-2-6-13-23/h1-16,18H,17H2,(H2,33,34,35). The molecule has 0 aliphatic rings. The van der Waals surface area contributed by atoms with Crippen molar-refractivity contribution in [1.82, 2.24) is 10.3 Å². The molecule has 1 unspecified atom stereocenters. The summed E-state index contributed by atoms with van der Waals surface area (Å²) >= 11 is 0. The van der Waals surface area contributed by atoms with Gasteiger partial charge in [-0.3, -0.25) is 4.98 Å². The van der Waals surface area contributed by atoms with E-state index in [1.807, 2.05) is 36.4 Å². The zero-order valence-electron chi connectivity index (χ0n) is 18.6. The number of halogens is 3. The van der Waals surface area contributed by atoms with Gasteiger partial charge in [-0.25, -0.2) is 4.79 Å². The number of pyridine rings is 1.